The van der Waals surface area contributed by atoms with Gasteiger partial charge in [-0.2, -0.15) is 9.61 Å². The lowest BCUT2D eigenvalue weighted by Gasteiger charge is -2.40. The highest BCUT2D eigenvalue weighted by Gasteiger charge is 2.47. The number of carbonyl (C=O) groups is 2. The minimum absolute atomic E-state index is 0.0292. The predicted octanol–water partition coefficient (Wildman–Crippen LogP) is 3.17. The number of fused-ring (bicyclic) bond motifs is 3. The molecule has 7 rings (SSSR count). The number of carbonyl (C=O) groups excluding carboxylic acids is 2. The Morgan fingerprint density at radius 2 is 1.71 bits per heavy atom. The predicted molar refractivity (Wildman–Crippen MR) is 157 cm³/mol. The summed E-state index contributed by atoms with van der Waals surface area (Å²) >= 11 is 0. The van der Waals surface area contributed by atoms with Gasteiger partial charge < -0.3 is 10.6 Å². The Bertz CT molecular complexity index is 1810. The lowest BCUT2D eigenvalue weighted by Crippen LogP contribution is -2.52. The molecule has 6 heterocycles. The van der Waals surface area contributed by atoms with Crippen LogP contribution in [-0.2, 0) is 14.8 Å². The van der Waals surface area contributed by atoms with Crippen molar-refractivity contribution in [2.24, 2.45) is 0 Å². The van der Waals surface area contributed by atoms with Crippen LogP contribution in [0.15, 0.2) is 54.9 Å². The molecule has 0 aliphatic carbocycles. The van der Waals surface area contributed by atoms with Crippen molar-refractivity contribution in [2.45, 2.75) is 63.1 Å². The molecule has 2 bridgehead atoms. The lowest BCUT2D eigenvalue weighted by atomic mass is 9.85. The molecule has 0 radical (unpaired) electrons. The Morgan fingerprint density at radius 1 is 0.976 bits per heavy atom. The van der Waals surface area contributed by atoms with Crippen molar-refractivity contribution in [2.75, 3.05) is 11.5 Å². The van der Waals surface area contributed by atoms with Gasteiger partial charge in [0.05, 0.1) is 28.9 Å². The fraction of sp³-hybridized carbons (Fsp3) is 0.367. The van der Waals surface area contributed by atoms with E-state index < -0.39 is 16.1 Å². The number of sulfonamides is 1. The molecule has 216 valence electrons. The number of pyridine rings is 1. The Labute approximate surface area is 243 Å². The van der Waals surface area contributed by atoms with Gasteiger partial charge in [-0.25, -0.2) is 18.1 Å². The number of anilines is 1. The number of aromatic nitrogens is 4. The van der Waals surface area contributed by atoms with Crippen molar-refractivity contribution in [3.05, 3.63) is 66.1 Å². The summed E-state index contributed by atoms with van der Waals surface area (Å²) in [6.07, 6.45) is 6.68. The van der Waals surface area contributed by atoms with Gasteiger partial charge in [-0.05, 0) is 45.1 Å². The summed E-state index contributed by atoms with van der Waals surface area (Å²) in [5, 5.41) is 4.48. The first kappa shape index (κ1) is 26.7. The lowest BCUT2D eigenvalue weighted by molar-refractivity contribution is -0.137. The first-order chi connectivity index (χ1) is 20.2. The fourth-order valence-electron chi connectivity index (χ4n) is 6.95. The number of nitrogens with two attached hydrogens (primary N) is 1. The van der Waals surface area contributed by atoms with E-state index in [1.165, 1.54) is 11.4 Å². The van der Waals surface area contributed by atoms with Crippen LogP contribution in [0.25, 0.3) is 28.0 Å². The average Bonchev–Trinajstić information content (AvgIpc) is 3.65. The summed E-state index contributed by atoms with van der Waals surface area (Å²) in [4.78, 5) is 37.9. The van der Waals surface area contributed by atoms with Crippen LogP contribution in [0.3, 0.4) is 0 Å². The van der Waals surface area contributed by atoms with Crippen molar-refractivity contribution >= 4 is 33.2 Å². The van der Waals surface area contributed by atoms with Crippen LogP contribution in [0.4, 0.5) is 5.82 Å². The van der Waals surface area contributed by atoms with Crippen LogP contribution < -0.4 is 10.5 Å². The number of nitrogens with one attached hydrogen (secondary N) is 1. The molecule has 4 aromatic rings. The standard InChI is InChI=1S/C30H31N7O4S/c1-17(38)26-27(20-13-21-8-9-22(14-20)36(21)30(39)25-11-12-42(40,41)35-25)34-29-23(16-33-37(29)28(26)31)19-7-10-24(32-15-19)18-5-3-2-4-6-18/h2-7,10,15-16,20-22,25,35H,8-9,11-14,31H2,1H3/t20-,21-,22+,25?. The van der Waals surface area contributed by atoms with Crippen LogP contribution in [0.5, 0.6) is 0 Å². The number of Topliss-reactive ketones (excluding diaryl/α,β-unsaturated/α-hetero) is 1. The summed E-state index contributed by atoms with van der Waals surface area (Å²) in [5.74, 6) is -0.207. The highest BCUT2D eigenvalue weighted by Crippen LogP contribution is 2.45. The average molecular weight is 586 g/mol. The van der Waals surface area contributed by atoms with Crippen molar-refractivity contribution in [3.63, 3.8) is 0 Å². The van der Waals surface area contributed by atoms with E-state index in [-0.39, 0.29) is 47.7 Å². The number of rotatable bonds is 5. The molecule has 3 aromatic heterocycles. The normalized spacial score (nSPS) is 24.7. The number of ketones is 1. The molecule has 1 aromatic carbocycles. The number of hydrogen-bond acceptors (Lipinski definition) is 8. The quantitative estimate of drug-likeness (QED) is 0.339. The number of benzene rings is 1. The number of piperidine rings is 1. The third-order valence-electron chi connectivity index (χ3n) is 8.88. The Balaban J connectivity index is 1.22. The third kappa shape index (κ3) is 4.45. The SMILES string of the molecule is CC(=O)c1c([C@@H]2C[C@H]3CC[C@@H](C2)N3C(=O)C2CCS(=O)(=O)N2)nc2c(-c3ccc(-c4ccccc4)nc3)cnn2c1N. The van der Waals surface area contributed by atoms with Gasteiger partial charge in [-0.15, -0.1) is 0 Å². The van der Waals surface area contributed by atoms with Crippen LogP contribution in [-0.4, -0.2) is 68.5 Å². The third-order valence-corrected chi connectivity index (χ3v) is 10.3. The van der Waals surface area contributed by atoms with E-state index in [1.54, 1.807) is 12.4 Å². The maximum atomic E-state index is 13.4. The Hall–Kier alpha value is -4.16. The molecule has 3 saturated heterocycles. The molecule has 42 heavy (non-hydrogen) atoms. The second kappa shape index (κ2) is 9.99. The molecule has 3 N–H and O–H groups in total. The van der Waals surface area contributed by atoms with Crippen LogP contribution in [0.1, 0.15) is 61.0 Å². The first-order valence-electron chi connectivity index (χ1n) is 14.2. The molecule has 1 unspecified atom stereocenters. The van der Waals surface area contributed by atoms with Crippen molar-refractivity contribution < 1.29 is 18.0 Å². The molecule has 3 aliphatic heterocycles. The van der Waals surface area contributed by atoms with Crippen molar-refractivity contribution in [1.29, 1.82) is 0 Å². The zero-order valence-corrected chi connectivity index (χ0v) is 23.9. The smallest absolute Gasteiger partial charge is 0.241 e. The van der Waals surface area contributed by atoms with Gasteiger partial charge in [-0.1, -0.05) is 36.4 Å². The molecule has 4 atom stereocenters. The van der Waals surface area contributed by atoms with E-state index in [9.17, 15) is 18.0 Å². The van der Waals surface area contributed by atoms with Gasteiger partial charge in [0.25, 0.3) is 0 Å². The maximum Gasteiger partial charge on any atom is 0.241 e. The Morgan fingerprint density at radius 3 is 2.33 bits per heavy atom. The van der Waals surface area contributed by atoms with Gasteiger partial charge in [-0.3, -0.25) is 14.6 Å². The number of hydrogen-bond donors (Lipinski definition) is 2. The second-order valence-corrected chi connectivity index (χ2v) is 13.4. The molecule has 12 heteroatoms. The van der Waals surface area contributed by atoms with E-state index >= 15 is 0 Å². The first-order valence-corrected chi connectivity index (χ1v) is 15.9. The van der Waals surface area contributed by atoms with Gasteiger partial charge in [0.15, 0.2) is 11.4 Å². The minimum atomic E-state index is -3.40. The topological polar surface area (TPSA) is 153 Å². The minimum Gasteiger partial charge on any atom is -0.383 e. The molecular formula is C30H31N7O4S. The van der Waals surface area contributed by atoms with Crippen LogP contribution >= 0.6 is 0 Å². The molecule has 1 amide bonds. The highest BCUT2D eigenvalue weighted by molar-refractivity contribution is 7.89. The molecule has 0 saturated carbocycles. The number of amides is 1. The zero-order chi connectivity index (χ0) is 29.2. The summed E-state index contributed by atoms with van der Waals surface area (Å²) in [5.41, 5.74) is 11.6. The number of nitrogen functional groups attached to an aromatic ring is 1. The highest BCUT2D eigenvalue weighted by atomic mass is 32.2. The van der Waals surface area contributed by atoms with Gasteiger partial charge in [0.1, 0.15) is 11.9 Å². The van der Waals surface area contributed by atoms with E-state index in [0.717, 1.165) is 35.2 Å². The molecule has 11 nitrogen and oxygen atoms in total. The molecular weight excluding hydrogens is 554 g/mol. The molecule has 3 aliphatic rings. The van der Waals surface area contributed by atoms with Crippen LogP contribution in [0, 0.1) is 0 Å². The summed E-state index contributed by atoms with van der Waals surface area (Å²) in [6.45, 7) is 1.48. The maximum absolute atomic E-state index is 13.4. The largest absolute Gasteiger partial charge is 0.383 e. The number of nitrogens with zero attached hydrogens (tertiary/aromatic N) is 5. The van der Waals surface area contributed by atoms with Crippen LogP contribution in [0.2, 0.25) is 0 Å². The van der Waals surface area contributed by atoms with Crippen molar-refractivity contribution in [1.82, 2.24) is 29.2 Å². The van der Waals surface area contributed by atoms with Gasteiger partial charge >= 0.3 is 0 Å². The van der Waals surface area contributed by atoms with Gasteiger partial charge in [0, 0.05) is 40.9 Å². The van der Waals surface area contributed by atoms with E-state index in [0.29, 0.717) is 29.7 Å². The summed E-state index contributed by atoms with van der Waals surface area (Å²) < 4.78 is 27.9. The van der Waals surface area contributed by atoms with E-state index in [1.807, 2.05) is 47.4 Å². The van der Waals surface area contributed by atoms with Crippen molar-refractivity contribution in [3.8, 4) is 22.4 Å². The fourth-order valence-corrected chi connectivity index (χ4v) is 8.26. The summed E-state index contributed by atoms with van der Waals surface area (Å²) in [7, 11) is -3.40. The molecule has 3 fully saturated rings. The van der Waals surface area contributed by atoms with E-state index in [4.69, 9.17) is 10.7 Å². The molecule has 0 spiro atoms. The zero-order valence-electron chi connectivity index (χ0n) is 23.1. The second-order valence-electron chi connectivity index (χ2n) is 11.5. The van der Waals surface area contributed by atoms with Gasteiger partial charge in [0.2, 0.25) is 15.9 Å². The van der Waals surface area contributed by atoms with E-state index in [2.05, 4.69) is 14.8 Å². The monoisotopic (exact) mass is 585 g/mol. The summed E-state index contributed by atoms with van der Waals surface area (Å²) in [6, 6.07) is 13.0. The Kier molecular flexibility index (Phi) is 6.35.